The lowest BCUT2D eigenvalue weighted by Gasteiger charge is -2.09. The number of nitrogens with one attached hydrogen (secondary N) is 1. The van der Waals surface area contributed by atoms with Gasteiger partial charge in [-0.05, 0) is 36.2 Å². The maximum Gasteiger partial charge on any atom is 0.120 e. The summed E-state index contributed by atoms with van der Waals surface area (Å²) in [5, 5.41) is 3.29. The van der Waals surface area contributed by atoms with Crippen molar-refractivity contribution in [2.24, 2.45) is 0 Å². The monoisotopic (exact) mass is 219 g/mol. The van der Waals surface area contributed by atoms with E-state index >= 15 is 0 Å². The topological polar surface area (TPSA) is 21.3 Å². The molecule has 0 unspecified atom stereocenters. The summed E-state index contributed by atoms with van der Waals surface area (Å²) in [5.41, 5.74) is 2.37. The van der Waals surface area contributed by atoms with Crippen LogP contribution in [0.25, 0.3) is 0 Å². The Morgan fingerprint density at radius 3 is 2.88 bits per heavy atom. The Hall–Kier alpha value is -1.28. The van der Waals surface area contributed by atoms with E-state index in [2.05, 4.69) is 37.9 Å². The zero-order valence-corrected chi connectivity index (χ0v) is 10.3. The minimum absolute atomic E-state index is 0.612. The van der Waals surface area contributed by atoms with Crippen molar-refractivity contribution < 1.29 is 4.74 Å². The summed E-state index contributed by atoms with van der Waals surface area (Å²) in [6.45, 7) is 10.6. The molecule has 0 fully saturated rings. The van der Waals surface area contributed by atoms with E-state index < -0.39 is 0 Å². The fourth-order valence-electron chi connectivity index (χ4n) is 1.30. The summed E-state index contributed by atoms with van der Waals surface area (Å²) in [5.74, 6) is 0.921. The Bertz CT molecular complexity index is 333. The molecule has 1 aromatic carbocycles. The number of hydrogen-bond acceptors (Lipinski definition) is 2. The Morgan fingerprint density at radius 2 is 2.19 bits per heavy atom. The van der Waals surface area contributed by atoms with Gasteiger partial charge in [0.2, 0.25) is 0 Å². The summed E-state index contributed by atoms with van der Waals surface area (Å²) < 4.78 is 5.65. The van der Waals surface area contributed by atoms with E-state index in [-0.39, 0.29) is 0 Å². The largest absolute Gasteiger partial charge is 0.489 e. The van der Waals surface area contributed by atoms with E-state index in [1.165, 1.54) is 5.56 Å². The van der Waals surface area contributed by atoms with Gasteiger partial charge in [-0.2, -0.15) is 0 Å². The van der Waals surface area contributed by atoms with E-state index in [1.807, 2.05) is 12.1 Å². The molecule has 0 heterocycles. The lowest BCUT2D eigenvalue weighted by atomic mass is 10.2. The molecule has 0 bridgehead atoms. The van der Waals surface area contributed by atoms with Crippen LogP contribution in [0.3, 0.4) is 0 Å². The SMILES string of the molecule is C=C(CC)COc1cccc(CNCC)c1. The fraction of sp³-hybridized carbons (Fsp3) is 0.429. The van der Waals surface area contributed by atoms with Crippen LogP contribution in [0.15, 0.2) is 36.4 Å². The molecule has 16 heavy (non-hydrogen) atoms. The molecule has 1 rings (SSSR count). The van der Waals surface area contributed by atoms with Crippen LogP contribution in [0.5, 0.6) is 5.75 Å². The van der Waals surface area contributed by atoms with Crippen molar-refractivity contribution in [1.29, 1.82) is 0 Å². The van der Waals surface area contributed by atoms with Gasteiger partial charge in [-0.15, -0.1) is 0 Å². The van der Waals surface area contributed by atoms with Gasteiger partial charge in [0.05, 0.1) is 0 Å². The number of rotatable bonds is 7. The van der Waals surface area contributed by atoms with Crippen molar-refractivity contribution in [1.82, 2.24) is 5.32 Å². The lowest BCUT2D eigenvalue weighted by molar-refractivity contribution is 0.348. The number of benzene rings is 1. The number of ether oxygens (including phenoxy) is 1. The Morgan fingerprint density at radius 1 is 1.38 bits per heavy atom. The van der Waals surface area contributed by atoms with Crippen LogP contribution in [0.2, 0.25) is 0 Å². The van der Waals surface area contributed by atoms with Gasteiger partial charge in [0, 0.05) is 6.54 Å². The lowest BCUT2D eigenvalue weighted by Crippen LogP contribution is -2.11. The van der Waals surface area contributed by atoms with E-state index in [0.717, 1.165) is 30.8 Å². The molecule has 0 aliphatic carbocycles. The molecule has 1 N–H and O–H groups in total. The molecule has 0 aliphatic heterocycles. The summed E-state index contributed by atoms with van der Waals surface area (Å²) in [6.07, 6.45) is 0.969. The average Bonchev–Trinajstić information content (AvgIpc) is 2.34. The van der Waals surface area contributed by atoms with E-state index in [9.17, 15) is 0 Å². The van der Waals surface area contributed by atoms with Crippen molar-refractivity contribution >= 4 is 0 Å². The smallest absolute Gasteiger partial charge is 0.120 e. The summed E-state index contributed by atoms with van der Waals surface area (Å²) >= 11 is 0. The molecule has 2 heteroatoms. The minimum atomic E-state index is 0.612. The molecule has 88 valence electrons. The third-order valence-electron chi connectivity index (χ3n) is 2.42. The van der Waals surface area contributed by atoms with Gasteiger partial charge in [0.1, 0.15) is 12.4 Å². The van der Waals surface area contributed by atoms with Crippen molar-refractivity contribution in [3.63, 3.8) is 0 Å². The van der Waals surface area contributed by atoms with E-state index in [0.29, 0.717) is 6.61 Å². The van der Waals surface area contributed by atoms with Crippen LogP contribution in [0.4, 0.5) is 0 Å². The second-order valence-corrected chi connectivity index (χ2v) is 3.82. The van der Waals surface area contributed by atoms with Gasteiger partial charge in [0.15, 0.2) is 0 Å². The maximum absolute atomic E-state index is 5.65. The number of hydrogen-bond donors (Lipinski definition) is 1. The third-order valence-corrected chi connectivity index (χ3v) is 2.42. The quantitative estimate of drug-likeness (QED) is 0.711. The molecule has 0 spiro atoms. The van der Waals surface area contributed by atoms with Gasteiger partial charge >= 0.3 is 0 Å². The highest BCUT2D eigenvalue weighted by Crippen LogP contribution is 2.14. The second kappa shape index (κ2) is 7.07. The third kappa shape index (κ3) is 4.49. The fourth-order valence-corrected chi connectivity index (χ4v) is 1.30. The molecular weight excluding hydrogens is 198 g/mol. The van der Waals surface area contributed by atoms with Crippen LogP contribution in [-0.2, 0) is 6.54 Å². The minimum Gasteiger partial charge on any atom is -0.489 e. The van der Waals surface area contributed by atoms with E-state index in [1.54, 1.807) is 0 Å². The molecule has 0 radical (unpaired) electrons. The average molecular weight is 219 g/mol. The molecule has 0 atom stereocenters. The Kier molecular flexibility index (Phi) is 5.65. The molecular formula is C14H21NO. The van der Waals surface area contributed by atoms with Crippen LogP contribution in [0.1, 0.15) is 25.8 Å². The predicted molar refractivity (Wildman–Crippen MR) is 68.7 cm³/mol. The molecule has 2 nitrogen and oxygen atoms in total. The summed E-state index contributed by atoms with van der Waals surface area (Å²) in [7, 11) is 0. The van der Waals surface area contributed by atoms with Gasteiger partial charge in [-0.1, -0.05) is 32.6 Å². The van der Waals surface area contributed by atoms with Gasteiger partial charge < -0.3 is 10.1 Å². The molecule has 0 aliphatic rings. The highest BCUT2D eigenvalue weighted by atomic mass is 16.5. The Labute approximate surface area is 98.3 Å². The Balaban J connectivity index is 2.50. The highest BCUT2D eigenvalue weighted by molar-refractivity contribution is 5.28. The van der Waals surface area contributed by atoms with Crippen molar-refractivity contribution in [3.8, 4) is 5.75 Å². The summed E-state index contributed by atoms with van der Waals surface area (Å²) in [6, 6.07) is 8.19. The zero-order valence-electron chi connectivity index (χ0n) is 10.3. The molecule has 0 saturated heterocycles. The van der Waals surface area contributed by atoms with Crippen molar-refractivity contribution in [2.45, 2.75) is 26.8 Å². The first-order chi connectivity index (χ1) is 7.76. The normalized spacial score (nSPS) is 10.1. The van der Waals surface area contributed by atoms with Crippen molar-refractivity contribution in [3.05, 3.63) is 42.0 Å². The first-order valence-electron chi connectivity index (χ1n) is 5.85. The van der Waals surface area contributed by atoms with Gasteiger partial charge in [-0.25, -0.2) is 0 Å². The summed E-state index contributed by atoms with van der Waals surface area (Å²) in [4.78, 5) is 0. The standard InChI is InChI=1S/C14H21NO/c1-4-12(3)11-16-14-8-6-7-13(9-14)10-15-5-2/h6-9,15H,3-5,10-11H2,1-2H3. The molecule has 0 aromatic heterocycles. The first-order valence-corrected chi connectivity index (χ1v) is 5.85. The van der Waals surface area contributed by atoms with Crippen LogP contribution in [0, 0.1) is 0 Å². The second-order valence-electron chi connectivity index (χ2n) is 3.82. The molecule has 0 saturated carbocycles. The van der Waals surface area contributed by atoms with Gasteiger partial charge in [0.25, 0.3) is 0 Å². The predicted octanol–water partition coefficient (Wildman–Crippen LogP) is 3.14. The van der Waals surface area contributed by atoms with E-state index in [4.69, 9.17) is 4.74 Å². The highest BCUT2D eigenvalue weighted by Gasteiger charge is 1.97. The van der Waals surface area contributed by atoms with Crippen LogP contribution in [-0.4, -0.2) is 13.2 Å². The van der Waals surface area contributed by atoms with Crippen LogP contribution >= 0.6 is 0 Å². The molecule has 1 aromatic rings. The zero-order chi connectivity index (χ0) is 11.8. The van der Waals surface area contributed by atoms with Crippen molar-refractivity contribution in [2.75, 3.05) is 13.2 Å². The van der Waals surface area contributed by atoms with Crippen LogP contribution < -0.4 is 10.1 Å². The first kappa shape index (κ1) is 12.8. The van der Waals surface area contributed by atoms with Gasteiger partial charge in [-0.3, -0.25) is 0 Å². The molecule has 0 amide bonds. The maximum atomic E-state index is 5.65.